The molecule has 0 bridgehead atoms. The van der Waals surface area contributed by atoms with Gasteiger partial charge in [-0.2, -0.15) is 0 Å². The van der Waals surface area contributed by atoms with E-state index in [9.17, 15) is 4.79 Å². The van der Waals surface area contributed by atoms with Gasteiger partial charge in [0.25, 0.3) is 0 Å². The first-order valence-corrected chi connectivity index (χ1v) is 16.0. The smallest absolute Gasteiger partial charge is 0.323 e. The third kappa shape index (κ3) is 6.53. The molecule has 0 N–H and O–H groups in total. The summed E-state index contributed by atoms with van der Waals surface area (Å²) in [4.78, 5) is 15.6. The van der Waals surface area contributed by atoms with Crippen molar-refractivity contribution in [1.82, 2.24) is 4.90 Å². The van der Waals surface area contributed by atoms with E-state index in [1.807, 2.05) is 37.3 Å². The van der Waals surface area contributed by atoms with Crippen molar-refractivity contribution in [3.05, 3.63) is 65.4 Å². The molecule has 0 aliphatic carbocycles. The Morgan fingerprint density at radius 3 is 2.11 bits per heavy atom. The Labute approximate surface area is 228 Å². The zero-order valence-electron chi connectivity index (χ0n) is 24.3. The second kappa shape index (κ2) is 12.3. The molecule has 38 heavy (non-hydrogen) atoms. The summed E-state index contributed by atoms with van der Waals surface area (Å²) in [6.45, 7) is 13.8. The van der Waals surface area contributed by atoms with Crippen LogP contribution in [-0.4, -0.2) is 53.2 Å². The molecular weight excluding hydrogens is 498 g/mol. The first-order chi connectivity index (χ1) is 17.9. The van der Waals surface area contributed by atoms with E-state index in [0.717, 1.165) is 16.9 Å². The zero-order chi connectivity index (χ0) is 28.1. The van der Waals surface area contributed by atoms with Crippen LogP contribution in [-0.2, 0) is 20.5 Å². The lowest BCUT2D eigenvalue weighted by atomic mass is 9.94. The van der Waals surface area contributed by atoms with Crippen LogP contribution in [0.3, 0.4) is 0 Å². The minimum atomic E-state index is -2.16. The van der Waals surface area contributed by atoms with E-state index < -0.39 is 14.4 Å². The van der Waals surface area contributed by atoms with E-state index in [0.29, 0.717) is 36.8 Å². The summed E-state index contributed by atoms with van der Waals surface area (Å²) >= 11 is 0. The third-order valence-corrected chi connectivity index (χ3v) is 11.9. The maximum Gasteiger partial charge on any atom is 0.323 e. The largest absolute Gasteiger partial charge is 0.547 e. The van der Waals surface area contributed by atoms with Crippen LogP contribution in [0.1, 0.15) is 51.3 Å². The fourth-order valence-electron chi connectivity index (χ4n) is 4.42. The Morgan fingerprint density at radius 1 is 1.00 bits per heavy atom. The fourth-order valence-corrected chi connectivity index (χ4v) is 5.53. The number of carbonyl (C=O) groups excluding carboxylic acids is 1. The average Bonchev–Trinajstić information content (AvgIpc) is 2.88. The van der Waals surface area contributed by atoms with Gasteiger partial charge in [0.05, 0.1) is 39.7 Å². The summed E-state index contributed by atoms with van der Waals surface area (Å²) in [6.07, 6.45) is 2.58. The van der Waals surface area contributed by atoms with Gasteiger partial charge in [-0.05, 0) is 54.4 Å². The number of methoxy groups -OCH3 is 3. The topological polar surface area (TPSA) is 66.5 Å². The molecule has 208 valence electrons. The molecule has 2 atom stereocenters. The lowest BCUT2D eigenvalue weighted by molar-refractivity contribution is -0.151. The normalized spacial score (nSPS) is 18.4. The molecule has 1 aliphatic heterocycles. The van der Waals surface area contributed by atoms with E-state index in [2.05, 4.69) is 57.0 Å². The van der Waals surface area contributed by atoms with Gasteiger partial charge in [0.2, 0.25) is 14.1 Å². The summed E-state index contributed by atoms with van der Waals surface area (Å²) in [5.41, 5.74) is 2.00. The van der Waals surface area contributed by atoms with Crippen molar-refractivity contribution in [3.63, 3.8) is 0 Å². The summed E-state index contributed by atoms with van der Waals surface area (Å²) < 4.78 is 29.3. The molecule has 0 amide bonds. The van der Waals surface area contributed by atoms with Gasteiger partial charge in [-0.15, -0.1) is 0 Å². The van der Waals surface area contributed by atoms with E-state index in [4.69, 9.17) is 23.4 Å². The van der Waals surface area contributed by atoms with Crippen molar-refractivity contribution in [3.8, 4) is 17.2 Å². The number of ether oxygens (including phenoxy) is 4. The van der Waals surface area contributed by atoms with Crippen LogP contribution >= 0.6 is 0 Å². The molecule has 8 heteroatoms. The van der Waals surface area contributed by atoms with Crippen molar-refractivity contribution in [2.45, 2.75) is 70.9 Å². The number of benzene rings is 2. The second-order valence-electron chi connectivity index (χ2n) is 11.0. The summed E-state index contributed by atoms with van der Waals surface area (Å²) in [5, 5.41) is 0.0104. The van der Waals surface area contributed by atoms with Gasteiger partial charge < -0.3 is 23.4 Å². The molecular formula is C30H43NO6Si. The molecule has 2 aromatic carbocycles. The predicted octanol–water partition coefficient (Wildman–Crippen LogP) is 6.50. The fraction of sp³-hybridized carbons (Fsp3) is 0.500. The molecule has 7 nitrogen and oxygen atoms in total. The lowest BCUT2D eigenvalue weighted by Crippen LogP contribution is -2.48. The molecule has 0 fully saturated rings. The monoisotopic (exact) mass is 541 g/mol. The van der Waals surface area contributed by atoms with Crippen LogP contribution in [0.25, 0.3) is 0 Å². The molecule has 2 aromatic rings. The highest BCUT2D eigenvalue weighted by atomic mass is 28.4. The number of nitrogens with zero attached hydrogens (tertiary/aromatic N) is 1. The van der Waals surface area contributed by atoms with E-state index in [1.165, 1.54) is 0 Å². The second-order valence-corrected chi connectivity index (χ2v) is 15.8. The van der Waals surface area contributed by atoms with Crippen LogP contribution in [0.5, 0.6) is 17.2 Å². The van der Waals surface area contributed by atoms with Gasteiger partial charge in [0.15, 0.2) is 11.5 Å². The summed E-state index contributed by atoms with van der Waals surface area (Å²) in [5.74, 6) is 2.19. The van der Waals surface area contributed by atoms with Crippen molar-refractivity contribution < 1.29 is 28.2 Å². The van der Waals surface area contributed by atoms with Crippen molar-refractivity contribution >= 4 is 14.3 Å². The Kier molecular flexibility index (Phi) is 9.54. The van der Waals surface area contributed by atoms with Crippen molar-refractivity contribution in [2.24, 2.45) is 0 Å². The Morgan fingerprint density at radius 2 is 1.61 bits per heavy atom. The number of rotatable bonds is 10. The zero-order valence-corrected chi connectivity index (χ0v) is 25.3. The van der Waals surface area contributed by atoms with E-state index >= 15 is 0 Å². The maximum absolute atomic E-state index is 13.4. The number of carbonyl (C=O) groups is 1. The molecule has 0 unspecified atom stereocenters. The molecule has 3 rings (SSSR count). The molecule has 1 aliphatic rings. The van der Waals surface area contributed by atoms with E-state index in [-0.39, 0.29) is 17.0 Å². The van der Waals surface area contributed by atoms with Crippen LogP contribution in [0.4, 0.5) is 0 Å². The van der Waals surface area contributed by atoms with E-state index in [1.54, 1.807) is 21.3 Å². The molecule has 0 saturated heterocycles. The number of esters is 1. The van der Waals surface area contributed by atoms with Crippen LogP contribution in [0.2, 0.25) is 18.1 Å². The maximum atomic E-state index is 13.4. The van der Waals surface area contributed by atoms with Gasteiger partial charge in [0.1, 0.15) is 6.04 Å². The van der Waals surface area contributed by atoms with Gasteiger partial charge in [-0.1, -0.05) is 51.1 Å². The first kappa shape index (κ1) is 29.6. The SMILES string of the molecule is CCOC(=O)[C@@H]1CC(O[Si](C)(C)C(C)(C)C)=C[C@@H](c2cc(OC)c(OC)c(OC)c2)N1Cc1ccccc1. The molecule has 0 radical (unpaired) electrons. The highest BCUT2D eigenvalue weighted by Gasteiger charge is 2.43. The Hall–Kier alpha value is -2.97. The van der Waals surface area contributed by atoms with Gasteiger partial charge in [-0.3, -0.25) is 9.69 Å². The number of hydrogen-bond donors (Lipinski definition) is 0. The molecule has 0 aromatic heterocycles. The highest BCUT2D eigenvalue weighted by molar-refractivity contribution is 6.74. The Balaban J connectivity index is 2.20. The first-order valence-electron chi connectivity index (χ1n) is 13.1. The average molecular weight is 542 g/mol. The quantitative estimate of drug-likeness (QED) is 0.251. The highest BCUT2D eigenvalue weighted by Crippen LogP contribution is 2.45. The molecule has 1 heterocycles. The summed E-state index contributed by atoms with van der Waals surface area (Å²) in [7, 11) is 2.64. The van der Waals surface area contributed by atoms with Crippen molar-refractivity contribution in [2.75, 3.05) is 27.9 Å². The number of hydrogen-bond acceptors (Lipinski definition) is 7. The van der Waals surface area contributed by atoms with Crippen molar-refractivity contribution in [1.29, 1.82) is 0 Å². The minimum absolute atomic E-state index is 0.0104. The van der Waals surface area contributed by atoms with Crippen LogP contribution < -0.4 is 14.2 Å². The minimum Gasteiger partial charge on any atom is -0.547 e. The van der Waals surface area contributed by atoms with Gasteiger partial charge in [0, 0.05) is 13.0 Å². The molecule has 0 spiro atoms. The molecule has 0 saturated carbocycles. The Bertz CT molecular complexity index is 1100. The standard InChI is InChI=1S/C30H43NO6Si/c1-10-36-29(32)25-19-23(37-38(8,9)30(2,3)4)18-24(31(25)20-21-14-12-11-13-15-21)22-16-26(33-5)28(35-7)27(17-22)34-6/h11-18,24-25H,10,19-20H2,1-9H3/t24-,25-/m0/s1. The van der Waals surface area contributed by atoms with Crippen LogP contribution in [0, 0.1) is 0 Å². The van der Waals surface area contributed by atoms with Gasteiger partial charge >= 0.3 is 5.97 Å². The predicted molar refractivity (Wildman–Crippen MR) is 152 cm³/mol. The lowest BCUT2D eigenvalue weighted by Gasteiger charge is -2.43. The van der Waals surface area contributed by atoms with Crippen LogP contribution in [0.15, 0.2) is 54.3 Å². The van der Waals surface area contributed by atoms with Gasteiger partial charge in [-0.25, -0.2) is 0 Å². The third-order valence-electron chi connectivity index (χ3n) is 7.48. The summed E-state index contributed by atoms with van der Waals surface area (Å²) in [6, 6.07) is 13.2.